The molecule has 5 nitrogen and oxygen atoms in total. The first-order valence-electron chi connectivity index (χ1n) is 8.49. The summed E-state index contributed by atoms with van der Waals surface area (Å²) in [5.41, 5.74) is 2.15. The summed E-state index contributed by atoms with van der Waals surface area (Å²) in [7, 11) is 0. The van der Waals surface area contributed by atoms with Crippen molar-refractivity contribution in [3.05, 3.63) is 35.9 Å². The maximum atomic E-state index is 9.10. The van der Waals surface area contributed by atoms with Crippen molar-refractivity contribution in [2.75, 3.05) is 13.2 Å². The molecule has 2 aromatic heterocycles. The fraction of sp³-hybridized carbons (Fsp3) is 0.526. The molecule has 1 aliphatic rings. The Kier molecular flexibility index (Phi) is 4.68. The molecular weight excluding hydrogens is 300 g/mol. The Hall–Kier alpha value is -2.19. The topological polar surface area (TPSA) is 63.7 Å². The van der Waals surface area contributed by atoms with E-state index in [2.05, 4.69) is 42.6 Å². The van der Waals surface area contributed by atoms with Crippen LogP contribution in [0.4, 0.5) is 0 Å². The lowest BCUT2D eigenvalue weighted by molar-refractivity contribution is 0.0608. The molecule has 0 N–H and O–H groups in total. The molecule has 0 bridgehead atoms. The molecule has 0 radical (unpaired) electrons. The molecule has 0 aromatic carbocycles. The van der Waals surface area contributed by atoms with Gasteiger partial charge < -0.3 is 9.30 Å². The molecule has 3 rings (SSSR count). The molecule has 0 unspecified atom stereocenters. The first-order valence-corrected chi connectivity index (χ1v) is 8.49. The molecule has 1 fully saturated rings. The van der Waals surface area contributed by atoms with E-state index in [0.29, 0.717) is 11.5 Å². The van der Waals surface area contributed by atoms with Gasteiger partial charge in [0.1, 0.15) is 11.5 Å². The molecule has 3 heterocycles. The SMILES string of the molecule is CC(C)(C)c1nc(-c2cc(C#N)ccn2)cn1CC1CCOCC1. The average Bonchev–Trinajstić information content (AvgIpc) is 3.00. The zero-order valence-corrected chi connectivity index (χ0v) is 14.6. The second-order valence-electron chi connectivity index (χ2n) is 7.45. The van der Waals surface area contributed by atoms with Gasteiger partial charge in [0.2, 0.25) is 0 Å². The normalized spacial score (nSPS) is 16.1. The quantitative estimate of drug-likeness (QED) is 0.866. The Labute approximate surface area is 143 Å². The Morgan fingerprint density at radius 3 is 2.71 bits per heavy atom. The predicted octanol–water partition coefficient (Wildman–Crippen LogP) is 3.54. The van der Waals surface area contributed by atoms with Crippen LogP contribution in [0.3, 0.4) is 0 Å². The van der Waals surface area contributed by atoms with Gasteiger partial charge in [0.05, 0.1) is 17.3 Å². The molecule has 0 saturated carbocycles. The maximum Gasteiger partial charge on any atom is 0.114 e. The van der Waals surface area contributed by atoms with Crippen molar-refractivity contribution < 1.29 is 4.74 Å². The summed E-state index contributed by atoms with van der Waals surface area (Å²) in [6.45, 7) is 9.20. The highest BCUT2D eigenvalue weighted by Crippen LogP contribution is 2.28. The summed E-state index contributed by atoms with van der Waals surface area (Å²) >= 11 is 0. The third-order valence-electron chi connectivity index (χ3n) is 4.39. The summed E-state index contributed by atoms with van der Waals surface area (Å²) in [6.07, 6.45) is 5.94. The van der Waals surface area contributed by atoms with Gasteiger partial charge in [0.15, 0.2) is 0 Å². The maximum absolute atomic E-state index is 9.10. The number of rotatable bonds is 3. The molecule has 24 heavy (non-hydrogen) atoms. The van der Waals surface area contributed by atoms with Gasteiger partial charge in [-0.05, 0) is 30.9 Å². The van der Waals surface area contributed by atoms with Crippen molar-refractivity contribution in [1.82, 2.24) is 14.5 Å². The lowest BCUT2D eigenvalue weighted by atomic mass is 9.94. The zero-order valence-electron chi connectivity index (χ0n) is 14.6. The summed E-state index contributed by atoms with van der Waals surface area (Å²) < 4.78 is 7.74. The summed E-state index contributed by atoms with van der Waals surface area (Å²) in [4.78, 5) is 9.25. The van der Waals surface area contributed by atoms with Crippen molar-refractivity contribution >= 4 is 0 Å². The van der Waals surface area contributed by atoms with Crippen molar-refractivity contribution in [3.8, 4) is 17.5 Å². The smallest absolute Gasteiger partial charge is 0.114 e. The Morgan fingerprint density at radius 2 is 2.04 bits per heavy atom. The van der Waals surface area contributed by atoms with Gasteiger partial charge in [-0.2, -0.15) is 5.26 Å². The van der Waals surface area contributed by atoms with E-state index in [0.717, 1.165) is 49.8 Å². The van der Waals surface area contributed by atoms with Gasteiger partial charge in [-0.15, -0.1) is 0 Å². The molecule has 1 aliphatic heterocycles. The number of nitriles is 1. The van der Waals surface area contributed by atoms with Gasteiger partial charge >= 0.3 is 0 Å². The lowest BCUT2D eigenvalue weighted by Crippen LogP contribution is -2.24. The van der Waals surface area contributed by atoms with E-state index in [-0.39, 0.29) is 5.41 Å². The highest BCUT2D eigenvalue weighted by molar-refractivity contribution is 5.56. The van der Waals surface area contributed by atoms with E-state index in [4.69, 9.17) is 15.0 Å². The first kappa shape index (κ1) is 16.7. The second-order valence-corrected chi connectivity index (χ2v) is 7.45. The van der Waals surface area contributed by atoms with E-state index in [1.807, 2.05) is 0 Å². The Morgan fingerprint density at radius 1 is 1.29 bits per heavy atom. The number of hydrogen-bond donors (Lipinski definition) is 0. The van der Waals surface area contributed by atoms with Crippen LogP contribution < -0.4 is 0 Å². The van der Waals surface area contributed by atoms with E-state index in [9.17, 15) is 0 Å². The van der Waals surface area contributed by atoms with Crippen molar-refractivity contribution in [3.63, 3.8) is 0 Å². The van der Waals surface area contributed by atoms with E-state index < -0.39 is 0 Å². The van der Waals surface area contributed by atoms with Gasteiger partial charge in [-0.3, -0.25) is 4.98 Å². The van der Waals surface area contributed by atoms with Gasteiger partial charge in [0, 0.05) is 37.6 Å². The average molecular weight is 324 g/mol. The number of imidazole rings is 1. The molecule has 5 heteroatoms. The summed E-state index contributed by atoms with van der Waals surface area (Å²) in [5.74, 6) is 1.69. The predicted molar refractivity (Wildman–Crippen MR) is 92.4 cm³/mol. The van der Waals surface area contributed by atoms with Crippen LogP contribution in [0.1, 0.15) is 45.0 Å². The van der Waals surface area contributed by atoms with Crippen LogP contribution in [0.15, 0.2) is 24.5 Å². The number of nitrogens with zero attached hydrogens (tertiary/aromatic N) is 4. The molecule has 0 aliphatic carbocycles. The van der Waals surface area contributed by atoms with Crippen LogP contribution in [0.2, 0.25) is 0 Å². The molecule has 2 aromatic rings. The third-order valence-corrected chi connectivity index (χ3v) is 4.39. The van der Waals surface area contributed by atoms with Crippen LogP contribution in [0.25, 0.3) is 11.4 Å². The Bertz CT molecular complexity index is 745. The highest BCUT2D eigenvalue weighted by atomic mass is 16.5. The fourth-order valence-electron chi connectivity index (χ4n) is 3.12. The Balaban J connectivity index is 1.95. The monoisotopic (exact) mass is 324 g/mol. The highest BCUT2D eigenvalue weighted by Gasteiger charge is 2.24. The van der Waals surface area contributed by atoms with Gasteiger partial charge in [0.25, 0.3) is 0 Å². The van der Waals surface area contributed by atoms with Crippen LogP contribution >= 0.6 is 0 Å². The molecule has 0 spiro atoms. The lowest BCUT2D eigenvalue weighted by Gasteiger charge is -2.25. The molecule has 1 saturated heterocycles. The fourth-order valence-corrected chi connectivity index (χ4v) is 3.12. The van der Waals surface area contributed by atoms with Crippen LogP contribution in [-0.4, -0.2) is 27.7 Å². The number of ether oxygens (including phenoxy) is 1. The van der Waals surface area contributed by atoms with E-state index in [1.165, 1.54) is 0 Å². The first-order chi connectivity index (χ1) is 11.5. The number of pyridine rings is 1. The third kappa shape index (κ3) is 3.65. The standard InChI is InChI=1S/C19H24N4O/c1-19(2,3)18-22-17(16-10-15(11-20)4-7-21-16)13-23(18)12-14-5-8-24-9-6-14/h4,7,10,13-14H,5-6,8-9,12H2,1-3H3. The van der Waals surface area contributed by atoms with E-state index >= 15 is 0 Å². The molecule has 0 amide bonds. The summed E-state index contributed by atoms with van der Waals surface area (Å²) in [5, 5.41) is 9.10. The molecule has 126 valence electrons. The van der Waals surface area contributed by atoms with Crippen LogP contribution in [0.5, 0.6) is 0 Å². The molecular formula is C19H24N4O. The van der Waals surface area contributed by atoms with Gasteiger partial charge in [-0.1, -0.05) is 20.8 Å². The number of aromatic nitrogens is 3. The minimum absolute atomic E-state index is 0.0454. The van der Waals surface area contributed by atoms with Crippen molar-refractivity contribution in [1.29, 1.82) is 5.26 Å². The minimum Gasteiger partial charge on any atom is -0.381 e. The largest absolute Gasteiger partial charge is 0.381 e. The van der Waals surface area contributed by atoms with Gasteiger partial charge in [-0.25, -0.2) is 4.98 Å². The number of hydrogen-bond acceptors (Lipinski definition) is 4. The van der Waals surface area contributed by atoms with Crippen molar-refractivity contribution in [2.24, 2.45) is 5.92 Å². The van der Waals surface area contributed by atoms with Crippen LogP contribution in [0, 0.1) is 17.2 Å². The van der Waals surface area contributed by atoms with Crippen molar-refractivity contribution in [2.45, 2.75) is 45.6 Å². The van der Waals surface area contributed by atoms with Crippen LogP contribution in [-0.2, 0) is 16.7 Å². The van der Waals surface area contributed by atoms with E-state index in [1.54, 1.807) is 18.3 Å². The summed E-state index contributed by atoms with van der Waals surface area (Å²) in [6, 6.07) is 5.68. The molecule has 0 atom stereocenters. The minimum atomic E-state index is -0.0454. The second kappa shape index (κ2) is 6.74. The zero-order chi connectivity index (χ0) is 17.2.